The third-order valence-corrected chi connectivity index (χ3v) is 5.08. The van der Waals surface area contributed by atoms with Crippen LogP contribution in [-0.2, 0) is 7.05 Å². The molecule has 3 aromatic rings. The van der Waals surface area contributed by atoms with Crippen molar-refractivity contribution in [3.63, 3.8) is 0 Å². The summed E-state index contributed by atoms with van der Waals surface area (Å²) in [5.41, 5.74) is 6.09. The van der Waals surface area contributed by atoms with Crippen LogP contribution in [0.1, 0.15) is 17.3 Å². The number of aryl methyl sites for hydroxylation is 1. The number of rotatable bonds is 2. The number of halogens is 1. The van der Waals surface area contributed by atoms with E-state index in [0.717, 1.165) is 0 Å². The highest BCUT2D eigenvalue weighted by Gasteiger charge is 2.34. The highest BCUT2D eigenvalue weighted by molar-refractivity contribution is 5.96. The molecule has 1 fully saturated rings. The molecule has 1 aromatic carbocycles. The number of nitrogens with two attached hydrogens (primary N) is 1. The van der Waals surface area contributed by atoms with Gasteiger partial charge in [-0.3, -0.25) is 4.79 Å². The molecule has 4 rings (SSSR count). The monoisotopic (exact) mass is 356 g/mol. The molecule has 2 atom stereocenters. The van der Waals surface area contributed by atoms with Gasteiger partial charge in [-0.25, -0.2) is 14.2 Å². The van der Waals surface area contributed by atoms with Crippen LogP contribution in [-0.4, -0.2) is 39.3 Å². The maximum Gasteiger partial charge on any atom is 0.341 e. The zero-order valence-corrected chi connectivity index (χ0v) is 14.2. The third kappa shape index (κ3) is 2.26. The molecule has 2 unspecified atom stereocenters. The first-order valence-electron chi connectivity index (χ1n) is 8.17. The van der Waals surface area contributed by atoms with Gasteiger partial charge in [-0.15, -0.1) is 0 Å². The van der Waals surface area contributed by atoms with Crippen molar-refractivity contribution in [2.75, 3.05) is 11.4 Å². The molecule has 0 radical (unpaired) electrons. The maximum atomic E-state index is 14.6. The van der Waals surface area contributed by atoms with Gasteiger partial charge in [-0.05, 0) is 19.1 Å². The van der Waals surface area contributed by atoms with Crippen LogP contribution in [0.25, 0.3) is 21.9 Å². The summed E-state index contributed by atoms with van der Waals surface area (Å²) in [5, 5.41) is 9.83. The molecule has 8 heteroatoms. The van der Waals surface area contributed by atoms with E-state index in [1.54, 1.807) is 19.2 Å². The SMILES string of the molecule is CC1C(N)CN1c1cc2cc3c(nc2cc1F)c(=O)c(C(=O)O)cn3C. The second-order valence-electron chi connectivity index (χ2n) is 6.70. The molecule has 134 valence electrons. The molecule has 26 heavy (non-hydrogen) atoms. The van der Waals surface area contributed by atoms with Gasteiger partial charge >= 0.3 is 5.97 Å². The molecule has 3 N–H and O–H groups in total. The van der Waals surface area contributed by atoms with Crippen LogP contribution >= 0.6 is 0 Å². The van der Waals surface area contributed by atoms with Gasteiger partial charge in [0.2, 0.25) is 5.43 Å². The van der Waals surface area contributed by atoms with Gasteiger partial charge in [-0.2, -0.15) is 0 Å². The van der Waals surface area contributed by atoms with E-state index < -0.39 is 17.2 Å². The number of hydrogen-bond acceptors (Lipinski definition) is 5. The summed E-state index contributed by atoms with van der Waals surface area (Å²) in [5.74, 6) is -1.77. The van der Waals surface area contributed by atoms with Gasteiger partial charge in [-0.1, -0.05) is 0 Å². The van der Waals surface area contributed by atoms with Gasteiger partial charge in [0.1, 0.15) is 16.9 Å². The Kier molecular flexibility index (Phi) is 3.48. The molecule has 1 saturated heterocycles. The van der Waals surface area contributed by atoms with Crippen LogP contribution in [0, 0.1) is 5.82 Å². The zero-order valence-electron chi connectivity index (χ0n) is 14.2. The number of anilines is 1. The molecule has 0 spiro atoms. The molecule has 0 bridgehead atoms. The zero-order chi connectivity index (χ0) is 18.7. The fraction of sp³-hybridized carbons (Fsp3) is 0.278. The number of nitrogens with zero attached hydrogens (tertiary/aromatic N) is 3. The minimum absolute atomic E-state index is 0.00592. The van der Waals surface area contributed by atoms with Crippen LogP contribution in [0.3, 0.4) is 0 Å². The Balaban J connectivity index is 1.97. The summed E-state index contributed by atoms with van der Waals surface area (Å²) in [7, 11) is 1.64. The van der Waals surface area contributed by atoms with Crippen molar-refractivity contribution in [1.29, 1.82) is 0 Å². The highest BCUT2D eigenvalue weighted by Crippen LogP contribution is 2.32. The van der Waals surface area contributed by atoms with E-state index in [9.17, 15) is 14.0 Å². The molecule has 3 heterocycles. The van der Waals surface area contributed by atoms with Gasteiger partial charge in [0, 0.05) is 43.3 Å². The van der Waals surface area contributed by atoms with Gasteiger partial charge in [0.15, 0.2) is 0 Å². The molecule has 1 aliphatic heterocycles. The number of carboxylic acids is 1. The van der Waals surface area contributed by atoms with Crippen LogP contribution < -0.4 is 16.1 Å². The average Bonchev–Trinajstić information content (AvgIpc) is 2.60. The summed E-state index contributed by atoms with van der Waals surface area (Å²) < 4.78 is 16.1. The first-order valence-corrected chi connectivity index (χ1v) is 8.17. The Labute approximate surface area is 147 Å². The largest absolute Gasteiger partial charge is 0.477 e. The van der Waals surface area contributed by atoms with Crippen molar-refractivity contribution < 1.29 is 14.3 Å². The standard InChI is InChI=1S/C18H17FN4O3/c1-8-12(20)7-23(8)14-3-9-4-15-16(21-13(9)5-11(14)19)17(24)10(18(25)26)6-22(15)2/h3-6,8,12H,7,20H2,1-2H3,(H,25,26). The fourth-order valence-electron chi connectivity index (χ4n) is 3.39. The van der Waals surface area contributed by atoms with Crippen molar-refractivity contribution >= 4 is 33.6 Å². The van der Waals surface area contributed by atoms with Gasteiger partial charge < -0.3 is 20.3 Å². The minimum Gasteiger partial charge on any atom is -0.477 e. The summed E-state index contributed by atoms with van der Waals surface area (Å²) in [6, 6.07) is 4.73. The van der Waals surface area contributed by atoms with Crippen molar-refractivity contribution in [2.24, 2.45) is 12.8 Å². The lowest BCUT2D eigenvalue weighted by molar-refractivity contribution is 0.0695. The van der Waals surface area contributed by atoms with E-state index in [2.05, 4.69) is 4.98 Å². The lowest BCUT2D eigenvalue weighted by Gasteiger charge is -2.46. The molecule has 0 aliphatic carbocycles. The molecule has 0 saturated carbocycles. The molecular formula is C18H17FN4O3. The number of aromatic nitrogens is 2. The van der Waals surface area contributed by atoms with E-state index >= 15 is 0 Å². The van der Waals surface area contributed by atoms with Gasteiger partial charge in [0.25, 0.3) is 0 Å². The van der Waals surface area contributed by atoms with E-state index in [1.165, 1.54) is 16.8 Å². The predicted molar refractivity (Wildman–Crippen MR) is 96.2 cm³/mol. The summed E-state index contributed by atoms with van der Waals surface area (Å²) in [6.45, 7) is 2.51. The number of aromatic carboxylic acids is 1. The summed E-state index contributed by atoms with van der Waals surface area (Å²) >= 11 is 0. The normalized spacial score (nSPS) is 19.8. The first-order chi connectivity index (χ1) is 12.3. The van der Waals surface area contributed by atoms with Crippen LogP contribution in [0.15, 0.2) is 29.2 Å². The quantitative estimate of drug-likeness (QED) is 0.674. The molecule has 7 nitrogen and oxygen atoms in total. The Bertz CT molecular complexity index is 1140. The molecule has 0 amide bonds. The number of fused-ring (bicyclic) bond motifs is 2. The topological polar surface area (TPSA) is 101 Å². The number of carbonyl (C=O) groups is 1. The van der Waals surface area contributed by atoms with E-state index in [-0.39, 0.29) is 23.2 Å². The molecular weight excluding hydrogens is 339 g/mol. The average molecular weight is 356 g/mol. The highest BCUT2D eigenvalue weighted by atomic mass is 19.1. The third-order valence-electron chi connectivity index (χ3n) is 5.08. The number of pyridine rings is 2. The number of hydrogen-bond donors (Lipinski definition) is 2. The molecule has 2 aromatic heterocycles. The lowest BCUT2D eigenvalue weighted by atomic mass is 9.97. The van der Waals surface area contributed by atoms with E-state index in [1.807, 2.05) is 11.8 Å². The second kappa shape index (κ2) is 5.50. The lowest BCUT2D eigenvalue weighted by Crippen LogP contribution is -2.63. The maximum absolute atomic E-state index is 14.6. The van der Waals surface area contributed by atoms with Crippen molar-refractivity contribution in [3.05, 3.63) is 46.0 Å². The van der Waals surface area contributed by atoms with Crippen molar-refractivity contribution in [1.82, 2.24) is 9.55 Å². The first kappa shape index (κ1) is 16.5. The summed E-state index contributed by atoms with van der Waals surface area (Å²) in [4.78, 5) is 29.7. The van der Waals surface area contributed by atoms with E-state index in [0.29, 0.717) is 28.7 Å². The second-order valence-corrected chi connectivity index (χ2v) is 6.70. The van der Waals surface area contributed by atoms with E-state index in [4.69, 9.17) is 10.8 Å². The smallest absolute Gasteiger partial charge is 0.341 e. The van der Waals surface area contributed by atoms with Crippen molar-refractivity contribution in [3.8, 4) is 0 Å². The predicted octanol–water partition coefficient (Wildman–Crippen LogP) is 1.46. The van der Waals surface area contributed by atoms with Crippen LogP contribution in [0.2, 0.25) is 0 Å². The Morgan fingerprint density at radius 3 is 2.73 bits per heavy atom. The van der Waals surface area contributed by atoms with Crippen LogP contribution in [0.5, 0.6) is 0 Å². The fourth-order valence-corrected chi connectivity index (χ4v) is 3.39. The Morgan fingerprint density at radius 1 is 1.38 bits per heavy atom. The minimum atomic E-state index is -1.32. The van der Waals surface area contributed by atoms with Crippen LogP contribution in [0.4, 0.5) is 10.1 Å². The molecule has 1 aliphatic rings. The number of benzene rings is 1. The Morgan fingerprint density at radius 2 is 2.12 bits per heavy atom. The van der Waals surface area contributed by atoms with Crippen molar-refractivity contribution in [2.45, 2.75) is 19.0 Å². The Hall–Kier alpha value is -3.00. The van der Waals surface area contributed by atoms with Gasteiger partial charge in [0.05, 0.1) is 16.7 Å². The summed E-state index contributed by atoms with van der Waals surface area (Å²) in [6.07, 6.45) is 1.27. The number of carboxylic acid groups (broad SMARTS) is 1.